The molecule has 1 aromatic carbocycles. The van der Waals surface area contributed by atoms with Crippen molar-refractivity contribution in [2.45, 2.75) is 31.7 Å². The summed E-state index contributed by atoms with van der Waals surface area (Å²) in [6.45, 7) is 2.98. The Morgan fingerprint density at radius 1 is 1.38 bits per heavy atom. The Morgan fingerprint density at radius 2 is 2.19 bits per heavy atom. The van der Waals surface area contributed by atoms with Crippen LogP contribution >= 0.6 is 0 Å². The molecule has 1 aliphatic heterocycles. The van der Waals surface area contributed by atoms with Crippen LogP contribution < -0.4 is 10.6 Å². The zero-order valence-electron chi connectivity index (χ0n) is 9.61. The van der Waals surface area contributed by atoms with Gasteiger partial charge in [-0.25, -0.2) is 0 Å². The van der Waals surface area contributed by atoms with Crippen LogP contribution in [0.1, 0.15) is 24.8 Å². The van der Waals surface area contributed by atoms with Crippen molar-refractivity contribution in [3.63, 3.8) is 0 Å². The average molecular weight is 215 g/mol. The Hall–Kier alpha value is -1.51. The summed E-state index contributed by atoms with van der Waals surface area (Å²) in [7, 11) is 0. The number of nitrogens with zero attached hydrogens (tertiary/aromatic N) is 2. The normalized spacial score (nSPS) is 22.1. The Labute approximate surface area is 96.0 Å². The second-order valence-corrected chi connectivity index (χ2v) is 4.93. The first kappa shape index (κ1) is 9.70. The molecule has 1 aliphatic carbocycles. The van der Waals surface area contributed by atoms with Crippen LogP contribution in [0.4, 0.5) is 5.69 Å². The summed E-state index contributed by atoms with van der Waals surface area (Å²) in [6, 6.07) is 8.51. The number of guanidine groups is 1. The smallest absolute Gasteiger partial charge is 0.196 e. The zero-order valence-corrected chi connectivity index (χ0v) is 9.61. The molecule has 1 fully saturated rings. The summed E-state index contributed by atoms with van der Waals surface area (Å²) in [5.41, 5.74) is 8.69. The molecule has 0 bridgehead atoms. The zero-order chi connectivity index (χ0) is 11.2. The van der Waals surface area contributed by atoms with E-state index in [1.165, 1.54) is 30.5 Å². The van der Waals surface area contributed by atoms with Crippen LogP contribution in [0.3, 0.4) is 0 Å². The van der Waals surface area contributed by atoms with E-state index < -0.39 is 0 Å². The summed E-state index contributed by atoms with van der Waals surface area (Å²) in [5.74, 6) is 0.685. The number of rotatable bonds is 1. The molecule has 0 aromatic heterocycles. The highest BCUT2D eigenvalue weighted by molar-refractivity contribution is 5.98. The maximum atomic E-state index is 6.02. The highest BCUT2D eigenvalue weighted by Crippen LogP contribution is 2.43. The van der Waals surface area contributed by atoms with Crippen LogP contribution in [-0.2, 0) is 0 Å². The number of aliphatic imine (C=N–C) groups is 1. The highest BCUT2D eigenvalue weighted by atomic mass is 15.4. The molecule has 2 N–H and O–H groups in total. The second-order valence-electron chi connectivity index (χ2n) is 4.93. The molecule has 84 valence electrons. The van der Waals surface area contributed by atoms with Crippen molar-refractivity contribution in [3.05, 3.63) is 29.8 Å². The van der Waals surface area contributed by atoms with Crippen LogP contribution in [0.25, 0.3) is 0 Å². The lowest BCUT2D eigenvalue weighted by Crippen LogP contribution is -2.56. The van der Waals surface area contributed by atoms with Gasteiger partial charge in [-0.15, -0.1) is 0 Å². The maximum absolute atomic E-state index is 6.02. The number of anilines is 1. The summed E-state index contributed by atoms with van der Waals surface area (Å²) < 4.78 is 0. The Balaban J connectivity index is 2.01. The summed E-state index contributed by atoms with van der Waals surface area (Å²) >= 11 is 0. The van der Waals surface area contributed by atoms with Gasteiger partial charge in [-0.2, -0.15) is 0 Å². The lowest BCUT2D eigenvalue weighted by Gasteiger charge is -2.46. The largest absolute Gasteiger partial charge is 0.369 e. The fourth-order valence-corrected chi connectivity index (χ4v) is 2.75. The van der Waals surface area contributed by atoms with Gasteiger partial charge in [0.05, 0.1) is 12.1 Å². The van der Waals surface area contributed by atoms with E-state index in [9.17, 15) is 0 Å². The molecule has 2 aliphatic rings. The lowest BCUT2D eigenvalue weighted by atomic mass is 9.76. The van der Waals surface area contributed by atoms with Crippen LogP contribution in [0, 0.1) is 6.92 Å². The molecule has 3 heteroatoms. The minimum absolute atomic E-state index is 0.206. The van der Waals surface area contributed by atoms with Gasteiger partial charge >= 0.3 is 0 Å². The van der Waals surface area contributed by atoms with Gasteiger partial charge in [0.15, 0.2) is 5.96 Å². The molecule has 1 spiro atoms. The van der Waals surface area contributed by atoms with Gasteiger partial charge in [0, 0.05) is 5.69 Å². The number of benzene rings is 1. The predicted molar refractivity (Wildman–Crippen MR) is 66.7 cm³/mol. The standard InChI is InChI=1S/C13H17N3/c1-10-4-2-5-11(8-10)16-12(14)15-9-13(16)6-3-7-13/h2,4-5,8H,3,6-7,9H2,1H3,(H2,14,15). The highest BCUT2D eigenvalue weighted by Gasteiger charge is 2.47. The molecule has 16 heavy (non-hydrogen) atoms. The van der Waals surface area contributed by atoms with E-state index in [1.54, 1.807) is 0 Å². The third kappa shape index (κ3) is 1.24. The molecule has 3 rings (SSSR count). The van der Waals surface area contributed by atoms with Crippen molar-refractivity contribution in [1.82, 2.24) is 0 Å². The Morgan fingerprint density at radius 3 is 2.81 bits per heavy atom. The monoisotopic (exact) mass is 215 g/mol. The van der Waals surface area contributed by atoms with E-state index in [0.29, 0.717) is 5.96 Å². The van der Waals surface area contributed by atoms with Gasteiger partial charge in [0.25, 0.3) is 0 Å². The van der Waals surface area contributed by atoms with E-state index in [0.717, 1.165) is 6.54 Å². The van der Waals surface area contributed by atoms with E-state index >= 15 is 0 Å². The number of nitrogens with two attached hydrogens (primary N) is 1. The van der Waals surface area contributed by atoms with Gasteiger partial charge in [-0.1, -0.05) is 12.1 Å². The van der Waals surface area contributed by atoms with Crippen LogP contribution in [0.5, 0.6) is 0 Å². The third-order valence-corrected chi connectivity index (χ3v) is 3.78. The number of aryl methyl sites for hydroxylation is 1. The van der Waals surface area contributed by atoms with Crippen molar-refractivity contribution in [3.8, 4) is 0 Å². The van der Waals surface area contributed by atoms with Gasteiger partial charge in [0.2, 0.25) is 0 Å². The van der Waals surface area contributed by atoms with Gasteiger partial charge in [0.1, 0.15) is 0 Å². The second kappa shape index (κ2) is 3.24. The Kier molecular flexibility index (Phi) is 1.96. The topological polar surface area (TPSA) is 41.6 Å². The molecule has 0 atom stereocenters. The van der Waals surface area contributed by atoms with E-state index in [4.69, 9.17) is 5.73 Å². The lowest BCUT2D eigenvalue weighted by molar-refractivity contribution is 0.272. The van der Waals surface area contributed by atoms with E-state index in [-0.39, 0.29) is 5.54 Å². The predicted octanol–water partition coefficient (Wildman–Crippen LogP) is 2.05. The first-order valence-electron chi connectivity index (χ1n) is 5.88. The SMILES string of the molecule is Cc1cccc(N2C(N)=NCC23CCC3)c1. The molecular formula is C13H17N3. The summed E-state index contributed by atoms with van der Waals surface area (Å²) in [5, 5.41) is 0. The van der Waals surface area contributed by atoms with Crippen LogP contribution in [0.2, 0.25) is 0 Å². The molecular weight excluding hydrogens is 198 g/mol. The fraction of sp³-hybridized carbons (Fsp3) is 0.462. The van der Waals surface area contributed by atoms with Crippen LogP contribution in [-0.4, -0.2) is 18.0 Å². The van der Waals surface area contributed by atoms with E-state index in [2.05, 4.69) is 41.1 Å². The minimum atomic E-state index is 0.206. The van der Waals surface area contributed by atoms with Gasteiger partial charge in [-0.05, 0) is 43.9 Å². The van der Waals surface area contributed by atoms with Crippen molar-refractivity contribution < 1.29 is 0 Å². The fourth-order valence-electron chi connectivity index (χ4n) is 2.75. The van der Waals surface area contributed by atoms with Crippen molar-refractivity contribution in [1.29, 1.82) is 0 Å². The maximum Gasteiger partial charge on any atom is 0.196 e. The first-order chi connectivity index (χ1) is 7.71. The molecule has 1 aromatic rings. The molecule has 0 amide bonds. The molecule has 3 nitrogen and oxygen atoms in total. The van der Waals surface area contributed by atoms with Gasteiger partial charge < -0.3 is 10.6 Å². The molecule has 1 saturated carbocycles. The van der Waals surface area contributed by atoms with Crippen molar-refractivity contribution >= 4 is 11.6 Å². The molecule has 0 unspecified atom stereocenters. The third-order valence-electron chi connectivity index (χ3n) is 3.78. The van der Waals surface area contributed by atoms with Crippen molar-refractivity contribution in [2.24, 2.45) is 10.7 Å². The van der Waals surface area contributed by atoms with E-state index in [1.807, 2.05) is 0 Å². The summed E-state index contributed by atoms with van der Waals surface area (Å²) in [6.07, 6.45) is 3.72. The minimum Gasteiger partial charge on any atom is -0.369 e. The quantitative estimate of drug-likeness (QED) is 0.779. The molecule has 0 radical (unpaired) electrons. The number of hydrogen-bond donors (Lipinski definition) is 1. The first-order valence-corrected chi connectivity index (χ1v) is 5.88. The average Bonchev–Trinajstić information content (AvgIpc) is 2.55. The van der Waals surface area contributed by atoms with Gasteiger partial charge in [-0.3, -0.25) is 4.99 Å². The summed E-state index contributed by atoms with van der Waals surface area (Å²) in [4.78, 5) is 6.66. The molecule has 1 heterocycles. The molecule has 0 saturated heterocycles. The Bertz CT molecular complexity index is 446. The van der Waals surface area contributed by atoms with Crippen LogP contribution in [0.15, 0.2) is 29.3 Å². The number of hydrogen-bond acceptors (Lipinski definition) is 3. The van der Waals surface area contributed by atoms with Crippen molar-refractivity contribution in [2.75, 3.05) is 11.4 Å².